The van der Waals surface area contributed by atoms with Crippen molar-refractivity contribution in [1.29, 1.82) is 0 Å². The number of aryl methyl sites for hydroxylation is 4. The Morgan fingerprint density at radius 1 is 0.783 bits per heavy atom. The van der Waals surface area contributed by atoms with Crippen LogP contribution >= 0.6 is 7.29 Å². The van der Waals surface area contributed by atoms with Crippen molar-refractivity contribution in [3.63, 3.8) is 0 Å². The Morgan fingerprint density at radius 3 is 1.43 bits per heavy atom. The molecule has 124 valence electrons. The molecular weight excluding hydrogens is 309 g/mol. The summed E-state index contributed by atoms with van der Waals surface area (Å²) >= 11 is 0. The highest BCUT2D eigenvalue weighted by Crippen LogP contribution is 2.51. The van der Waals surface area contributed by atoms with Gasteiger partial charge in [0.1, 0.15) is 11.5 Å². The lowest BCUT2D eigenvalue weighted by Gasteiger charge is -2.28. The standard InChI is InChI=1S/C18H24NO3P/c1-11-7-13(3)17(20)15(9-11)23(22,19(5)6)16-10-12(2)8-14(4)18(16)21/h7-10,20-21H,1-6H3. The molecule has 0 atom stereocenters. The van der Waals surface area contributed by atoms with Gasteiger partial charge in [-0.05, 0) is 76.2 Å². The van der Waals surface area contributed by atoms with Crippen LogP contribution in [0.1, 0.15) is 22.3 Å². The monoisotopic (exact) mass is 333 g/mol. The summed E-state index contributed by atoms with van der Waals surface area (Å²) in [6, 6.07) is 7.17. The molecule has 5 heteroatoms. The van der Waals surface area contributed by atoms with Gasteiger partial charge in [0, 0.05) is 0 Å². The van der Waals surface area contributed by atoms with Crippen LogP contribution in [0.25, 0.3) is 0 Å². The topological polar surface area (TPSA) is 60.8 Å². The Morgan fingerprint density at radius 2 is 1.13 bits per heavy atom. The minimum Gasteiger partial charge on any atom is -0.507 e. The maximum absolute atomic E-state index is 14.0. The molecule has 0 radical (unpaired) electrons. The summed E-state index contributed by atoms with van der Waals surface area (Å²) in [5.41, 5.74) is 3.18. The van der Waals surface area contributed by atoms with Crippen molar-refractivity contribution in [3.8, 4) is 11.5 Å². The van der Waals surface area contributed by atoms with Crippen molar-refractivity contribution in [2.75, 3.05) is 14.1 Å². The molecule has 0 aliphatic heterocycles. The van der Waals surface area contributed by atoms with E-state index in [9.17, 15) is 14.8 Å². The number of hydrogen-bond acceptors (Lipinski definition) is 3. The van der Waals surface area contributed by atoms with Crippen molar-refractivity contribution >= 4 is 17.9 Å². The SMILES string of the molecule is Cc1cc(C)c(O)c(P(=O)(c2cc(C)cc(C)c2O)N(C)C)c1. The van der Waals surface area contributed by atoms with Crippen molar-refractivity contribution in [3.05, 3.63) is 46.5 Å². The van der Waals surface area contributed by atoms with Gasteiger partial charge in [-0.2, -0.15) is 0 Å². The van der Waals surface area contributed by atoms with Crippen molar-refractivity contribution in [2.24, 2.45) is 0 Å². The maximum Gasteiger partial charge on any atom is 0.214 e. The Balaban J connectivity index is 2.90. The molecule has 2 aromatic rings. The van der Waals surface area contributed by atoms with Crippen LogP contribution in [0.2, 0.25) is 0 Å². The quantitative estimate of drug-likeness (QED) is 0.847. The average molecular weight is 333 g/mol. The van der Waals surface area contributed by atoms with E-state index >= 15 is 0 Å². The van der Waals surface area contributed by atoms with Gasteiger partial charge in [0.2, 0.25) is 7.29 Å². The smallest absolute Gasteiger partial charge is 0.214 e. The fourth-order valence-electron chi connectivity index (χ4n) is 2.90. The first-order valence-corrected chi connectivity index (χ1v) is 9.14. The molecule has 0 aliphatic carbocycles. The van der Waals surface area contributed by atoms with E-state index in [1.165, 1.54) is 0 Å². The first-order chi connectivity index (χ1) is 10.6. The highest BCUT2D eigenvalue weighted by molar-refractivity contribution is 7.77. The summed E-state index contributed by atoms with van der Waals surface area (Å²) in [7, 11) is 0.0610. The number of nitrogens with zero attached hydrogens (tertiary/aromatic N) is 1. The molecule has 2 N–H and O–H groups in total. The zero-order valence-electron chi connectivity index (χ0n) is 14.5. The third-order valence-corrected chi connectivity index (χ3v) is 7.18. The van der Waals surface area contributed by atoms with E-state index in [4.69, 9.17) is 0 Å². The molecule has 0 saturated carbocycles. The van der Waals surface area contributed by atoms with E-state index in [1.54, 1.807) is 44.7 Å². The molecule has 2 rings (SSSR count). The lowest BCUT2D eigenvalue weighted by atomic mass is 10.1. The summed E-state index contributed by atoms with van der Waals surface area (Å²) in [4.78, 5) is 0. The summed E-state index contributed by atoms with van der Waals surface area (Å²) < 4.78 is 15.6. The van der Waals surface area contributed by atoms with Crippen LogP contribution in [0.15, 0.2) is 24.3 Å². The predicted octanol–water partition coefficient (Wildman–Crippen LogP) is 3.12. The van der Waals surface area contributed by atoms with E-state index < -0.39 is 7.29 Å². The normalized spacial score (nSPS) is 12.0. The zero-order valence-corrected chi connectivity index (χ0v) is 15.4. The van der Waals surface area contributed by atoms with Crippen molar-refractivity contribution in [2.45, 2.75) is 27.7 Å². The first-order valence-electron chi connectivity index (χ1n) is 7.48. The van der Waals surface area contributed by atoms with Crippen LogP contribution in [0.4, 0.5) is 0 Å². The fourth-order valence-corrected chi connectivity index (χ4v) is 5.70. The third-order valence-electron chi connectivity index (χ3n) is 4.07. The number of rotatable bonds is 3. The van der Waals surface area contributed by atoms with Gasteiger partial charge in [0.25, 0.3) is 0 Å². The number of benzene rings is 2. The van der Waals surface area contributed by atoms with E-state index in [2.05, 4.69) is 0 Å². The second-order valence-electron chi connectivity index (χ2n) is 6.32. The van der Waals surface area contributed by atoms with Gasteiger partial charge >= 0.3 is 0 Å². The lowest BCUT2D eigenvalue weighted by Crippen LogP contribution is -2.28. The van der Waals surface area contributed by atoms with Gasteiger partial charge < -0.3 is 10.2 Å². The Labute approximate surface area is 137 Å². The van der Waals surface area contributed by atoms with E-state index in [1.807, 2.05) is 26.0 Å². The number of aromatic hydroxyl groups is 2. The molecule has 0 amide bonds. The number of hydrogen-bond donors (Lipinski definition) is 2. The predicted molar refractivity (Wildman–Crippen MR) is 95.7 cm³/mol. The molecule has 0 unspecified atom stereocenters. The van der Waals surface area contributed by atoms with Crippen LogP contribution in [-0.2, 0) is 4.57 Å². The molecule has 0 saturated heterocycles. The Kier molecular flexibility index (Phi) is 4.61. The molecule has 0 bridgehead atoms. The molecule has 0 aliphatic rings. The third kappa shape index (κ3) is 2.89. The number of phenolic OH excluding ortho intramolecular Hbond substituents is 2. The van der Waals surface area contributed by atoms with E-state index in [-0.39, 0.29) is 11.5 Å². The van der Waals surface area contributed by atoms with Crippen LogP contribution in [0.3, 0.4) is 0 Å². The highest BCUT2D eigenvalue weighted by atomic mass is 31.2. The van der Waals surface area contributed by atoms with Crippen LogP contribution in [-0.4, -0.2) is 29.0 Å². The van der Waals surface area contributed by atoms with Gasteiger partial charge in [0.05, 0.1) is 10.6 Å². The average Bonchev–Trinajstić information content (AvgIpc) is 2.45. The summed E-state index contributed by atoms with van der Waals surface area (Å²) in [6.45, 7) is 7.37. The highest BCUT2D eigenvalue weighted by Gasteiger charge is 2.36. The number of phenols is 2. The minimum absolute atomic E-state index is 0.0196. The van der Waals surface area contributed by atoms with E-state index in [0.717, 1.165) is 11.1 Å². The van der Waals surface area contributed by atoms with Gasteiger partial charge in [-0.25, -0.2) is 0 Å². The molecule has 0 spiro atoms. The second kappa shape index (κ2) is 6.03. The van der Waals surface area contributed by atoms with Gasteiger partial charge in [-0.15, -0.1) is 0 Å². The van der Waals surface area contributed by atoms with E-state index in [0.29, 0.717) is 21.7 Å². The van der Waals surface area contributed by atoms with Crippen LogP contribution in [0.5, 0.6) is 11.5 Å². The zero-order chi connectivity index (χ0) is 17.5. The molecular formula is C18H24NO3P. The first kappa shape index (κ1) is 17.6. The second-order valence-corrected chi connectivity index (χ2v) is 9.24. The van der Waals surface area contributed by atoms with Crippen molar-refractivity contribution in [1.82, 2.24) is 4.67 Å². The summed E-state index contributed by atoms with van der Waals surface area (Å²) in [5, 5.41) is 21.8. The molecule has 0 fully saturated rings. The maximum atomic E-state index is 14.0. The minimum atomic E-state index is -3.35. The lowest BCUT2D eigenvalue weighted by molar-refractivity contribution is 0.469. The van der Waals surface area contributed by atoms with Gasteiger partial charge in [-0.3, -0.25) is 9.24 Å². The fraction of sp³-hybridized carbons (Fsp3) is 0.333. The Hall–Kier alpha value is -1.77. The molecule has 0 heterocycles. The summed E-state index contributed by atoms with van der Waals surface area (Å²) in [6.07, 6.45) is 0. The van der Waals surface area contributed by atoms with Crippen LogP contribution in [0, 0.1) is 27.7 Å². The molecule has 4 nitrogen and oxygen atoms in total. The molecule has 2 aromatic carbocycles. The largest absolute Gasteiger partial charge is 0.507 e. The molecule has 0 aromatic heterocycles. The Bertz CT molecular complexity index is 751. The van der Waals surface area contributed by atoms with Crippen LogP contribution < -0.4 is 10.6 Å². The van der Waals surface area contributed by atoms with Gasteiger partial charge in [0.15, 0.2) is 0 Å². The van der Waals surface area contributed by atoms with Crippen molar-refractivity contribution < 1.29 is 14.8 Å². The summed E-state index contributed by atoms with van der Waals surface area (Å²) in [5.74, 6) is 0.0392. The molecule has 23 heavy (non-hydrogen) atoms. The van der Waals surface area contributed by atoms with Gasteiger partial charge in [-0.1, -0.05) is 12.1 Å².